The number of methoxy groups -OCH3 is 1. The number of halogens is 2. The monoisotopic (exact) mass is 461 g/mol. The summed E-state index contributed by atoms with van der Waals surface area (Å²) in [5, 5.41) is 19.8. The number of fused-ring (bicyclic) bond motifs is 1. The zero-order chi connectivity index (χ0) is 23.6. The van der Waals surface area contributed by atoms with Crippen LogP contribution in [0.25, 0.3) is 10.9 Å². The number of pyridine rings is 1. The van der Waals surface area contributed by atoms with E-state index in [1.807, 2.05) is 13.8 Å². The highest BCUT2D eigenvalue weighted by atomic mass is 35.5. The molecule has 2 aromatic carbocycles. The lowest BCUT2D eigenvalue weighted by Crippen LogP contribution is -2.26. The molecule has 0 bridgehead atoms. The molecular weight excluding hydrogens is 437 g/mol. The number of hydrogen-bond donors (Lipinski definition) is 2. The second-order valence-electron chi connectivity index (χ2n) is 7.79. The molecule has 0 spiro atoms. The van der Waals surface area contributed by atoms with Gasteiger partial charge in [-0.3, -0.25) is 4.79 Å². The molecule has 2 atom stereocenters. The number of benzene rings is 2. The van der Waals surface area contributed by atoms with Crippen LogP contribution < -0.4 is 10.2 Å². The molecule has 0 saturated carbocycles. The fourth-order valence-electron chi connectivity index (χ4n) is 3.88. The molecule has 3 rings (SSSR count). The summed E-state index contributed by atoms with van der Waals surface area (Å²) in [5.41, 5.74) is 0.213. The van der Waals surface area contributed by atoms with Crippen LogP contribution in [0.5, 0.6) is 5.75 Å². The third-order valence-corrected chi connectivity index (χ3v) is 6.21. The number of carboxylic acid groups (broad SMARTS) is 1. The third-order valence-electron chi connectivity index (χ3n) is 5.92. The molecule has 6 nitrogen and oxygen atoms in total. The molecule has 0 amide bonds. The highest BCUT2D eigenvalue weighted by Crippen LogP contribution is 2.32. The molecule has 1 heterocycles. The molecule has 170 valence electrons. The molecule has 0 saturated heterocycles. The Labute approximate surface area is 189 Å². The van der Waals surface area contributed by atoms with Gasteiger partial charge in [-0.05, 0) is 29.2 Å². The van der Waals surface area contributed by atoms with E-state index >= 15 is 0 Å². The first-order chi connectivity index (χ1) is 15.2. The number of carbonyl (C=O) groups is 1. The zero-order valence-electron chi connectivity index (χ0n) is 18.1. The minimum Gasteiger partial charge on any atom is -0.496 e. The second-order valence-corrected chi connectivity index (χ2v) is 8.20. The lowest BCUT2D eigenvalue weighted by Gasteiger charge is -2.27. The topological polar surface area (TPSA) is 88.8 Å². The highest BCUT2D eigenvalue weighted by Gasteiger charge is 2.24. The zero-order valence-corrected chi connectivity index (χ0v) is 18.8. The Morgan fingerprint density at radius 1 is 1.28 bits per heavy atom. The SMILES string of the molecule is CCC(C)[C@@H](CO)n1cc(C(=O)O)c(=O)c2cc(Cc3cccc(Cl)c3F)c(OC)cc21. The smallest absolute Gasteiger partial charge is 0.341 e. The molecule has 0 aliphatic heterocycles. The predicted octanol–water partition coefficient (Wildman–Crippen LogP) is 4.67. The molecular formula is C24H25ClFNO5. The maximum absolute atomic E-state index is 14.5. The van der Waals surface area contributed by atoms with Crippen LogP contribution in [-0.4, -0.2) is 34.5 Å². The molecule has 0 fully saturated rings. The Hall–Kier alpha value is -2.90. The molecule has 1 aromatic heterocycles. The minimum atomic E-state index is -1.36. The van der Waals surface area contributed by atoms with Crippen molar-refractivity contribution in [1.29, 1.82) is 0 Å². The lowest BCUT2D eigenvalue weighted by atomic mass is 9.96. The largest absolute Gasteiger partial charge is 0.496 e. The van der Waals surface area contributed by atoms with Gasteiger partial charge >= 0.3 is 5.97 Å². The van der Waals surface area contributed by atoms with Gasteiger partial charge in [0.25, 0.3) is 0 Å². The van der Waals surface area contributed by atoms with Crippen LogP contribution in [0.2, 0.25) is 5.02 Å². The third kappa shape index (κ3) is 4.36. The van der Waals surface area contributed by atoms with Crippen LogP contribution in [0.1, 0.15) is 47.8 Å². The van der Waals surface area contributed by atoms with Crippen molar-refractivity contribution < 1.29 is 24.1 Å². The first-order valence-corrected chi connectivity index (χ1v) is 10.6. The number of rotatable bonds is 8. The maximum atomic E-state index is 14.5. The summed E-state index contributed by atoms with van der Waals surface area (Å²) in [4.78, 5) is 24.8. The van der Waals surface area contributed by atoms with E-state index in [1.54, 1.807) is 22.8 Å². The van der Waals surface area contributed by atoms with Gasteiger partial charge in [-0.25, -0.2) is 9.18 Å². The Morgan fingerprint density at radius 2 is 2.00 bits per heavy atom. The van der Waals surface area contributed by atoms with Crippen molar-refractivity contribution >= 4 is 28.5 Å². The summed E-state index contributed by atoms with van der Waals surface area (Å²) in [6.45, 7) is 3.68. The maximum Gasteiger partial charge on any atom is 0.341 e. The number of nitrogens with zero attached hydrogens (tertiary/aromatic N) is 1. The van der Waals surface area contributed by atoms with E-state index in [-0.39, 0.29) is 29.4 Å². The average Bonchev–Trinajstić information content (AvgIpc) is 2.78. The van der Waals surface area contributed by atoms with Crippen molar-refractivity contribution in [3.8, 4) is 5.75 Å². The van der Waals surface area contributed by atoms with Gasteiger partial charge in [0.15, 0.2) is 0 Å². The van der Waals surface area contributed by atoms with E-state index in [0.717, 1.165) is 6.42 Å². The van der Waals surface area contributed by atoms with Crippen LogP contribution >= 0.6 is 11.6 Å². The van der Waals surface area contributed by atoms with Crippen LogP contribution in [0, 0.1) is 11.7 Å². The molecule has 2 N–H and O–H groups in total. The van der Waals surface area contributed by atoms with Crippen LogP contribution in [0.4, 0.5) is 4.39 Å². The van der Waals surface area contributed by atoms with Crippen LogP contribution in [0.15, 0.2) is 41.3 Å². The van der Waals surface area contributed by atoms with Gasteiger partial charge in [0.05, 0.1) is 30.3 Å². The van der Waals surface area contributed by atoms with Gasteiger partial charge in [0, 0.05) is 24.1 Å². The molecule has 1 unspecified atom stereocenters. The van der Waals surface area contributed by atoms with Gasteiger partial charge in [0.1, 0.15) is 17.1 Å². The fraction of sp³-hybridized carbons (Fsp3) is 0.333. The molecule has 0 aliphatic rings. The first-order valence-electron chi connectivity index (χ1n) is 10.3. The average molecular weight is 462 g/mol. The van der Waals surface area contributed by atoms with Gasteiger partial charge < -0.3 is 19.5 Å². The normalized spacial score (nSPS) is 13.2. The molecule has 32 heavy (non-hydrogen) atoms. The van der Waals surface area contributed by atoms with Gasteiger partial charge in [-0.1, -0.05) is 44.0 Å². The van der Waals surface area contributed by atoms with E-state index < -0.39 is 28.8 Å². The summed E-state index contributed by atoms with van der Waals surface area (Å²) in [5.74, 6) is -1.50. The molecule has 8 heteroatoms. The van der Waals surface area contributed by atoms with Gasteiger partial charge in [-0.15, -0.1) is 0 Å². The summed E-state index contributed by atoms with van der Waals surface area (Å²) in [6.07, 6.45) is 2.11. The van der Waals surface area contributed by atoms with Crippen molar-refractivity contribution in [3.05, 3.63) is 74.3 Å². The Kier molecular flexibility index (Phi) is 7.21. The number of aromatic carboxylic acids is 1. The number of hydrogen-bond acceptors (Lipinski definition) is 4. The quantitative estimate of drug-likeness (QED) is 0.509. The highest BCUT2D eigenvalue weighted by molar-refractivity contribution is 6.30. The summed E-state index contributed by atoms with van der Waals surface area (Å²) in [7, 11) is 1.46. The Bertz CT molecular complexity index is 1220. The summed E-state index contributed by atoms with van der Waals surface area (Å²) in [6, 6.07) is 7.38. The number of aromatic nitrogens is 1. The predicted molar refractivity (Wildman–Crippen MR) is 122 cm³/mol. The van der Waals surface area contributed by atoms with E-state index in [4.69, 9.17) is 16.3 Å². The number of carboxylic acids is 1. The standard InChI is InChI=1S/C24H25ClFNO5/c1-4-13(2)20(12-28)27-11-17(24(30)31)23(29)16-9-15(21(32-3)10-19(16)27)8-14-6-5-7-18(25)22(14)26/h5-7,9-11,13,20,28H,4,8,12H2,1-3H3,(H,30,31)/t13?,20-/m1/s1. The van der Waals surface area contributed by atoms with Crippen molar-refractivity contribution in [2.75, 3.05) is 13.7 Å². The van der Waals surface area contributed by atoms with Crippen molar-refractivity contribution in [3.63, 3.8) is 0 Å². The lowest BCUT2D eigenvalue weighted by molar-refractivity contribution is 0.0694. The Morgan fingerprint density at radius 3 is 2.59 bits per heavy atom. The number of ether oxygens (including phenoxy) is 1. The van der Waals surface area contributed by atoms with Crippen molar-refractivity contribution in [2.45, 2.75) is 32.7 Å². The van der Waals surface area contributed by atoms with E-state index in [0.29, 0.717) is 22.4 Å². The van der Waals surface area contributed by atoms with E-state index in [9.17, 15) is 24.2 Å². The van der Waals surface area contributed by atoms with Crippen LogP contribution in [-0.2, 0) is 6.42 Å². The molecule has 0 radical (unpaired) electrons. The molecule has 3 aromatic rings. The number of aliphatic hydroxyl groups excluding tert-OH is 1. The summed E-state index contributed by atoms with van der Waals surface area (Å²) < 4.78 is 21.6. The fourth-order valence-corrected chi connectivity index (χ4v) is 4.08. The van der Waals surface area contributed by atoms with Gasteiger partial charge in [-0.2, -0.15) is 0 Å². The second kappa shape index (κ2) is 9.71. The van der Waals surface area contributed by atoms with E-state index in [2.05, 4.69) is 0 Å². The first kappa shape index (κ1) is 23.8. The van der Waals surface area contributed by atoms with Gasteiger partial charge in [0.2, 0.25) is 5.43 Å². The van der Waals surface area contributed by atoms with Crippen LogP contribution in [0.3, 0.4) is 0 Å². The van der Waals surface area contributed by atoms with Crippen molar-refractivity contribution in [1.82, 2.24) is 4.57 Å². The summed E-state index contributed by atoms with van der Waals surface area (Å²) >= 11 is 5.90. The molecule has 0 aliphatic carbocycles. The minimum absolute atomic E-state index is 0.0126. The van der Waals surface area contributed by atoms with E-state index in [1.165, 1.54) is 25.4 Å². The van der Waals surface area contributed by atoms with Crippen molar-refractivity contribution in [2.24, 2.45) is 5.92 Å². The number of aliphatic hydroxyl groups is 1. The Balaban J connectivity index is 2.32.